The summed E-state index contributed by atoms with van der Waals surface area (Å²) in [5.74, 6) is 0.596. The van der Waals surface area contributed by atoms with E-state index in [9.17, 15) is 9.59 Å². The van der Waals surface area contributed by atoms with Gasteiger partial charge >= 0.3 is 6.09 Å². The third kappa shape index (κ3) is 8.64. The van der Waals surface area contributed by atoms with Gasteiger partial charge in [0.05, 0.1) is 0 Å². The number of nitrogens with zero attached hydrogens (tertiary/aromatic N) is 3. The number of ether oxygens (including phenoxy) is 1. The van der Waals surface area contributed by atoms with Gasteiger partial charge in [0.1, 0.15) is 5.60 Å². The quantitative estimate of drug-likeness (QED) is 0.242. The second-order valence-corrected chi connectivity index (χ2v) is 9.49. The van der Waals surface area contributed by atoms with Gasteiger partial charge in [-0.2, -0.15) is 4.98 Å². The molecule has 0 unspecified atom stereocenters. The topological polar surface area (TPSA) is 110 Å². The van der Waals surface area contributed by atoms with Crippen LogP contribution in [0.5, 0.6) is 0 Å². The van der Waals surface area contributed by atoms with Crippen LogP contribution >= 0.6 is 0 Å². The van der Waals surface area contributed by atoms with Gasteiger partial charge < -0.3 is 20.7 Å². The summed E-state index contributed by atoms with van der Waals surface area (Å²) in [7, 11) is 0. The molecule has 2 aromatic heterocycles. The minimum absolute atomic E-state index is 0.369. The molecule has 0 saturated carbocycles. The van der Waals surface area contributed by atoms with Gasteiger partial charge in [-0.25, -0.2) is 9.31 Å². The van der Waals surface area contributed by atoms with Crippen molar-refractivity contribution in [1.29, 1.82) is 0 Å². The second kappa shape index (κ2) is 12.5. The third-order valence-electron chi connectivity index (χ3n) is 5.02. The van der Waals surface area contributed by atoms with Gasteiger partial charge in [-0.3, -0.25) is 4.79 Å². The first-order valence-corrected chi connectivity index (χ1v) is 12.0. The highest BCUT2D eigenvalue weighted by atomic mass is 16.6. The first-order chi connectivity index (χ1) is 17.6. The fraction of sp³-hybridized carbons (Fsp3) is 0.286. The third-order valence-corrected chi connectivity index (χ3v) is 5.02. The molecule has 9 heteroatoms. The Hall–Kier alpha value is -4.40. The average molecular weight is 503 g/mol. The van der Waals surface area contributed by atoms with Crippen molar-refractivity contribution in [3.8, 4) is 11.1 Å². The predicted molar refractivity (Wildman–Crippen MR) is 146 cm³/mol. The van der Waals surface area contributed by atoms with Crippen LogP contribution in [-0.2, 0) is 9.53 Å². The molecule has 3 N–H and O–H groups in total. The summed E-state index contributed by atoms with van der Waals surface area (Å²) in [6.07, 6.45) is 2.03. The Bertz CT molecular complexity index is 1330. The van der Waals surface area contributed by atoms with Gasteiger partial charge in [0.15, 0.2) is 5.65 Å². The van der Waals surface area contributed by atoms with Crippen LogP contribution in [0.2, 0.25) is 0 Å². The standard InChI is InChI=1S/C20H18N4.C8H16N2O3/c1-14-8-10-17(11-9-14)21-20-22-19-18(7-4-12-24(19)23-20)16-6-3-5-15(2)13-16;1-8(2,3)13-7(12)10-5-4-9-6-11/h3-13H,1-2H3,(H,21,23);6H,4-5H2,1-3H3,(H,9,11)(H,10,12). The van der Waals surface area contributed by atoms with Crippen molar-refractivity contribution in [3.05, 3.63) is 78.0 Å². The molecule has 0 aliphatic carbocycles. The number of benzene rings is 2. The zero-order valence-electron chi connectivity index (χ0n) is 21.9. The number of carbonyl (C=O) groups is 2. The second-order valence-electron chi connectivity index (χ2n) is 9.49. The van der Waals surface area contributed by atoms with Gasteiger partial charge in [0.2, 0.25) is 12.4 Å². The normalized spacial score (nSPS) is 10.7. The van der Waals surface area contributed by atoms with E-state index < -0.39 is 11.7 Å². The Balaban J connectivity index is 0.000000251. The van der Waals surface area contributed by atoms with Gasteiger partial charge in [-0.05, 0) is 64.4 Å². The minimum atomic E-state index is -0.484. The summed E-state index contributed by atoms with van der Waals surface area (Å²) in [5, 5.41) is 12.7. The summed E-state index contributed by atoms with van der Waals surface area (Å²) in [4.78, 5) is 25.5. The molecular formula is C28H34N6O3. The maximum Gasteiger partial charge on any atom is 0.407 e. The molecule has 4 aromatic rings. The summed E-state index contributed by atoms with van der Waals surface area (Å²) in [6, 6.07) is 20.7. The smallest absolute Gasteiger partial charge is 0.407 e. The number of aryl methyl sites for hydroxylation is 2. The van der Waals surface area contributed by atoms with Crippen LogP contribution in [0.15, 0.2) is 66.9 Å². The van der Waals surface area contributed by atoms with Crippen molar-refractivity contribution >= 4 is 29.8 Å². The van der Waals surface area contributed by atoms with E-state index in [-0.39, 0.29) is 0 Å². The van der Waals surface area contributed by atoms with Crippen molar-refractivity contribution in [1.82, 2.24) is 25.2 Å². The number of pyridine rings is 1. The van der Waals surface area contributed by atoms with E-state index in [1.165, 1.54) is 11.1 Å². The van der Waals surface area contributed by atoms with E-state index in [2.05, 4.69) is 82.3 Å². The lowest BCUT2D eigenvalue weighted by molar-refractivity contribution is -0.109. The van der Waals surface area contributed by atoms with Crippen molar-refractivity contribution < 1.29 is 14.3 Å². The summed E-state index contributed by atoms with van der Waals surface area (Å²) in [5.41, 5.74) is 6.02. The molecule has 9 nitrogen and oxygen atoms in total. The van der Waals surface area contributed by atoms with E-state index in [1.54, 1.807) is 20.8 Å². The Morgan fingerprint density at radius 3 is 2.43 bits per heavy atom. The molecule has 194 valence electrons. The molecule has 4 rings (SSSR count). The van der Waals surface area contributed by atoms with Gasteiger partial charge in [-0.1, -0.05) is 47.5 Å². The molecule has 2 aromatic carbocycles. The Kier molecular flexibility index (Phi) is 9.21. The first-order valence-electron chi connectivity index (χ1n) is 12.0. The Morgan fingerprint density at radius 1 is 1.00 bits per heavy atom. The highest BCUT2D eigenvalue weighted by Gasteiger charge is 2.15. The zero-order chi connectivity index (χ0) is 26.8. The Labute approximate surface area is 217 Å². The van der Waals surface area contributed by atoms with Crippen LogP contribution in [0.25, 0.3) is 16.8 Å². The number of anilines is 2. The largest absolute Gasteiger partial charge is 0.444 e. The highest BCUT2D eigenvalue weighted by molar-refractivity contribution is 5.78. The molecule has 0 saturated heterocycles. The number of rotatable bonds is 7. The molecule has 0 spiro atoms. The van der Waals surface area contributed by atoms with E-state index >= 15 is 0 Å². The molecule has 0 bridgehead atoms. The fourth-order valence-corrected chi connectivity index (χ4v) is 3.37. The number of amides is 2. The molecule has 0 aliphatic heterocycles. The van der Waals surface area contributed by atoms with Crippen molar-refractivity contribution in [3.63, 3.8) is 0 Å². The van der Waals surface area contributed by atoms with Crippen LogP contribution in [0, 0.1) is 13.8 Å². The van der Waals surface area contributed by atoms with Crippen molar-refractivity contribution in [2.24, 2.45) is 0 Å². The molecule has 0 fully saturated rings. The summed E-state index contributed by atoms with van der Waals surface area (Å²) < 4.78 is 6.77. The monoisotopic (exact) mass is 502 g/mol. The first kappa shape index (κ1) is 27.2. The number of fused-ring (bicyclic) bond motifs is 1. The molecule has 0 aliphatic rings. The van der Waals surface area contributed by atoms with Gasteiger partial charge in [0.25, 0.3) is 0 Å². The SMILES string of the molecule is CC(C)(C)OC(=O)NCCNC=O.Cc1ccc(Nc2nc3c(-c4cccc(C)c4)cccn3n2)cc1. The van der Waals surface area contributed by atoms with Gasteiger partial charge in [0, 0.05) is 30.5 Å². The lowest BCUT2D eigenvalue weighted by Gasteiger charge is -2.19. The predicted octanol–water partition coefficient (Wildman–Crippen LogP) is 5.01. The summed E-state index contributed by atoms with van der Waals surface area (Å²) >= 11 is 0. The Morgan fingerprint density at radius 2 is 1.76 bits per heavy atom. The van der Waals surface area contributed by atoms with Crippen LogP contribution in [0.1, 0.15) is 31.9 Å². The highest BCUT2D eigenvalue weighted by Crippen LogP contribution is 2.25. The molecule has 2 amide bonds. The lowest BCUT2D eigenvalue weighted by Crippen LogP contribution is -2.36. The molecule has 0 atom stereocenters. The van der Waals surface area contributed by atoms with Crippen molar-refractivity contribution in [2.75, 3.05) is 18.4 Å². The fourth-order valence-electron chi connectivity index (χ4n) is 3.37. The maximum absolute atomic E-state index is 11.0. The minimum Gasteiger partial charge on any atom is -0.444 e. The number of aromatic nitrogens is 3. The number of hydrogen-bond acceptors (Lipinski definition) is 6. The summed E-state index contributed by atoms with van der Waals surface area (Å²) in [6.45, 7) is 10.3. The number of alkyl carbamates (subject to hydrolysis) is 1. The number of hydrogen-bond donors (Lipinski definition) is 3. The molecular weight excluding hydrogens is 468 g/mol. The van der Waals surface area contributed by atoms with Crippen LogP contribution in [0.4, 0.5) is 16.4 Å². The zero-order valence-corrected chi connectivity index (χ0v) is 21.9. The van der Waals surface area contributed by atoms with E-state index in [0.29, 0.717) is 25.4 Å². The maximum atomic E-state index is 11.0. The molecule has 0 radical (unpaired) electrons. The number of nitrogens with one attached hydrogen (secondary N) is 3. The van der Waals surface area contributed by atoms with Gasteiger partial charge in [-0.15, -0.1) is 5.10 Å². The average Bonchev–Trinajstić information content (AvgIpc) is 3.25. The molecule has 37 heavy (non-hydrogen) atoms. The molecule has 2 heterocycles. The van der Waals surface area contributed by atoms with Crippen LogP contribution in [0.3, 0.4) is 0 Å². The van der Waals surface area contributed by atoms with Crippen LogP contribution in [-0.4, -0.2) is 45.8 Å². The van der Waals surface area contributed by atoms with Crippen LogP contribution < -0.4 is 16.0 Å². The number of carbonyl (C=O) groups excluding carboxylic acids is 2. The van der Waals surface area contributed by atoms with E-state index in [0.717, 1.165) is 22.5 Å². The van der Waals surface area contributed by atoms with E-state index in [1.807, 2.05) is 28.9 Å². The lowest BCUT2D eigenvalue weighted by atomic mass is 10.1. The van der Waals surface area contributed by atoms with Crippen molar-refractivity contribution in [2.45, 2.75) is 40.2 Å². The van der Waals surface area contributed by atoms with E-state index in [4.69, 9.17) is 4.74 Å².